The van der Waals surface area contributed by atoms with Crippen LogP contribution in [0.3, 0.4) is 0 Å². The highest BCUT2D eigenvalue weighted by Gasteiger charge is 2.14. The number of nitrogen functional groups attached to an aromatic ring is 1. The van der Waals surface area contributed by atoms with E-state index in [4.69, 9.17) is 10.8 Å². The zero-order chi connectivity index (χ0) is 12.4. The molecule has 0 radical (unpaired) electrons. The van der Waals surface area contributed by atoms with Crippen molar-refractivity contribution >= 4 is 11.9 Å². The fourth-order valence-corrected chi connectivity index (χ4v) is 1.48. The van der Waals surface area contributed by atoms with Gasteiger partial charge in [-0.05, 0) is 6.92 Å². The van der Waals surface area contributed by atoms with E-state index in [-0.39, 0.29) is 11.5 Å². The molecule has 0 saturated heterocycles. The van der Waals surface area contributed by atoms with Gasteiger partial charge in [0.25, 0.3) is 0 Å². The molecule has 17 heavy (non-hydrogen) atoms. The van der Waals surface area contributed by atoms with E-state index >= 15 is 0 Å². The number of carboxylic acids is 1. The van der Waals surface area contributed by atoms with Crippen molar-refractivity contribution in [2.75, 3.05) is 5.73 Å². The first-order valence-corrected chi connectivity index (χ1v) is 5.01. The van der Waals surface area contributed by atoms with E-state index in [1.807, 2.05) is 31.2 Å². The number of aromatic carboxylic acids is 1. The molecule has 2 rings (SSSR count). The van der Waals surface area contributed by atoms with Gasteiger partial charge in [-0.3, -0.25) is 0 Å². The number of anilines is 1. The van der Waals surface area contributed by atoms with Crippen LogP contribution in [0.4, 0.5) is 5.95 Å². The van der Waals surface area contributed by atoms with E-state index in [9.17, 15) is 4.79 Å². The van der Waals surface area contributed by atoms with Crippen molar-refractivity contribution in [2.45, 2.75) is 6.92 Å². The second kappa shape index (κ2) is 4.21. The Morgan fingerprint density at radius 3 is 2.53 bits per heavy atom. The lowest BCUT2D eigenvalue weighted by molar-refractivity contribution is 0.0697. The van der Waals surface area contributed by atoms with Crippen molar-refractivity contribution in [3.8, 4) is 11.3 Å². The monoisotopic (exact) mass is 229 g/mol. The summed E-state index contributed by atoms with van der Waals surface area (Å²) in [5.41, 5.74) is 7.66. The first-order valence-electron chi connectivity index (χ1n) is 5.01. The van der Waals surface area contributed by atoms with Crippen LogP contribution in [0.2, 0.25) is 0 Å². The number of aryl methyl sites for hydroxylation is 1. The Hall–Kier alpha value is -2.43. The van der Waals surface area contributed by atoms with Gasteiger partial charge in [0.1, 0.15) is 5.56 Å². The fraction of sp³-hybridized carbons (Fsp3) is 0.0833. The van der Waals surface area contributed by atoms with Gasteiger partial charge in [0, 0.05) is 11.8 Å². The van der Waals surface area contributed by atoms with Gasteiger partial charge in [-0.2, -0.15) is 0 Å². The summed E-state index contributed by atoms with van der Waals surface area (Å²) in [5.74, 6) is -1.01. The molecule has 0 aliphatic carbocycles. The number of aromatic nitrogens is 2. The van der Waals surface area contributed by atoms with Crippen LogP contribution in [-0.4, -0.2) is 21.0 Å². The largest absolute Gasteiger partial charge is 0.478 e. The van der Waals surface area contributed by atoms with Crippen LogP contribution in [0, 0.1) is 6.92 Å². The third kappa shape index (κ3) is 2.23. The van der Waals surface area contributed by atoms with Crippen molar-refractivity contribution in [1.82, 2.24) is 9.97 Å². The number of hydrogen-bond acceptors (Lipinski definition) is 4. The van der Waals surface area contributed by atoms with Crippen molar-refractivity contribution < 1.29 is 9.90 Å². The second-order valence-corrected chi connectivity index (χ2v) is 3.66. The smallest absolute Gasteiger partial charge is 0.339 e. The Morgan fingerprint density at radius 1 is 1.29 bits per heavy atom. The molecule has 0 aliphatic rings. The third-order valence-electron chi connectivity index (χ3n) is 2.36. The van der Waals surface area contributed by atoms with Gasteiger partial charge in [-0.15, -0.1) is 0 Å². The maximum absolute atomic E-state index is 11.1. The van der Waals surface area contributed by atoms with Gasteiger partial charge in [-0.1, -0.05) is 29.8 Å². The maximum Gasteiger partial charge on any atom is 0.339 e. The van der Waals surface area contributed by atoms with Crippen LogP contribution in [0.15, 0.2) is 30.5 Å². The summed E-state index contributed by atoms with van der Waals surface area (Å²) in [6, 6.07) is 7.39. The lowest BCUT2D eigenvalue weighted by Crippen LogP contribution is -2.05. The zero-order valence-electron chi connectivity index (χ0n) is 9.21. The molecule has 0 bridgehead atoms. The van der Waals surface area contributed by atoms with E-state index in [0.717, 1.165) is 5.56 Å². The molecule has 86 valence electrons. The molecule has 5 heteroatoms. The minimum atomic E-state index is -1.07. The average molecular weight is 229 g/mol. The third-order valence-corrected chi connectivity index (χ3v) is 2.36. The van der Waals surface area contributed by atoms with Crippen molar-refractivity contribution in [2.24, 2.45) is 0 Å². The Balaban J connectivity index is 2.60. The molecular weight excluding hydrogens is 218 g/mol. The summed E-state index contributed by atoms with van der Waals surface area (Å²) < 4.78 is 0. The lowest BCUT2D eigenvalue weighted by atomic mass is 10.1. The van der Waals surface area contributed by atoms with Crippen molar-refractivity contribution in [1.29, 1.82) is 0 Å². The fourth-order valence-electron chi connectivity index (χ4n) is 1.48. The van der Waals surface area contributed by atoms with Crippen molar-refractivity contribution in [3.63, 3.8) is 0 Å². The molecule has 0 fully saturated rings. The molecule has 1 aromatic heterocycles. The van der Waals surface area contributed by atoms with Crippen LogP contribution in [0.1, 0.15) is 15.9 Å². The Morgan fingerprint density at radius 2 is 1.94 bits per heavy atom. The average Bonchev–Trinajstić information content (AvgIpc) is 2.29. The number of rotatable bonds is 2. The normalized spacial score (nSPS) is 10.2. The topological polar surface area (TPSA) is 89.1 Å². The minimum absolute atomic E-state index is 0.0445. The Bertz CT molecular complexity index is 564. The minimum Gasteiger partial charge on any atom is -0.478 e. The molecular formula is C12H11N3O2. The van der Waals surface area contributed by atoms with Gasteiger partial charge >= 0.3 is 5.97 Å². The van der Waals surface area contributed by atoms with Crippen molar-refractivity contribution in [3.05, 3.63) is 41.6 Å². The number of hydrogen-bond donors (Lipinski definition) is 2. The lowest BCUT2D eigenvalue weighted by Gasteiger charge is -2.05. The number of nitrogens with two attached hydrogens (primary N) is 1. The summed E-state index contributed by atoms with van der Waals surface area (Å²) in [6.45, 7) is 1.95. The van der Waals surface area contributed by atoms with Gasteiger partial charge in [0.2, 0.25) is 5.95 Å². The number of benzene rings is 1. The predicted molar refractivity (Wildman–Crippen MR) is 63.6 cm³/mol. The first-order chi connectivity index (χ1) is 8.08. The SMILES string of the molecule is Cc1ccc(-c2nc(N)ncc2C(=O)O)cc1. The summed E-state index contributed by atoms with van der Waals surface area (Å²) >= 11 is 0. The summed E-state index contributed by atoms with van der Waals surface area (Å²) in [7, 11) is 0. The molecule has 0 atom stereocenters. The van der Waals surface area contributed by atoms with Gasteiger partial charge in [-0.25, -0.2) is 14.8 Å². The second-order valence-electron chi connectivity index (χ2n) is 3.66. The highest BCUT2D eigenvalue weighted by molar-refractivity contribution is 5.94. The molecule has 1 aromatic carbocycles. The van der Waals surface area contributed by atoms with Crippen LogP contribution in [0.25, 0.3) is 11.3 Å². The molecule has 2 aromatic rings. The first kappa shape index (κ1) is 11.1. The Labute approximate surface area is 98.0 Å². The molecule has 5 nitrogen and oxygen atoms in total. The van der Waals surface area contributed by atoms with Gasteiger partial charge < -0.3 is 10.8 Å². The highest BCUT2D eigenvalue weighted by Crippen LogP contribution is 2.22. The van der Waals surface area contributed by atoms with E-state index < -0.39 is 5.97 Å². The molecule has 0 spiro atoms. The Kier molecular flexibility index (Phi) is 2.74. The number of nitrogens with zero attached hydrogens (tertiary/aromatic N) is 2. The standard InChI is InChI=1S/C12H11N3O2/c1-7-2-4-8(5-3-7)10-9(11(16)17)6-14-12(13)15-10/h2-6H,1H3,(H,16,17)(H2,13,14,15). The molecule has 0 unspecified atom stereocenters. The molecule has 1 heterocycles. The van der Waals surface area contributed by atoms with E-state index in [2.05, 4.69) is 9.97 Å². The maximum atomic E-state index is 11.1. The van der Waals surface area contributed by atoms with Gasteiger partial charge in [0.15, 0.2) is 0 Å². The molecule has 0 aliphatic heterocycles. The van der Waals surface area contributed by atoms with Gasteiger partial charge in [0.05, 0.1) is 5.69 Å². The summed E-state index contributed by atoms with van der Waals surface area (Å²) in [6.07, 6.45) is 1.22. The van der Waals surface area contributed by atoms with Crippen LogP contribution in [0.5, 0.6) is 0 Å². The van der Waals surface area contributed by atoms with E-state index in [0.29, 0.717) is 11.3 Å². The number of carbonyl (C=O) groups is 1. The van der Waals surface area contributed by atoms with E-state index in [1.165, 1.54) is 6.20 Å². The van der Waals surface area contributed by atoms with Crippen LogP contribution < -0.4 is 5.73 Å². The highest BCUT2D eigenvalue weighted by atomic mass is 16.4. The molecule has 3 N–H and O–H groups in total. The number of carboxylic acid groups (broad SMARTS) is 1. The van der Waals surface area contributed by atoms with E-state index in [1.54, 1.807) is 0 Å². The molecule has 0 saturated carbocycles. The molecule has 0 amide bonds. The van der Waals surface area contributed by atoms with Crippen LogP contribution in [-0.2, 0) is 0 Å². The quantitative estimate of drug-likeness (QED) is 0.818. The zero-order valence-corrected chi connectivity index (χ0v) is 9.21. The summed E-state index contributed by atoms with van der Waals surface area (Å²) in [4.78, 5) is 18.7. The predicted octanol–water partition coefficient (Wildman–Crippen LogP) is 1.73. The summed E-state index contributed by atoms with van der Waals surface area (Å²) in [5, 5.41) is 9.05. The van der Waals surface area contributed by atoms with Crippen LogP contribution >= 0.6 is 0 Å².